The Bertz CT molecular complexity index is 324. The summed E-state index contributed by atoms with van der Waals surface area (Å²) in [5, 5.41) is 0. The van der Waals surface area contributed by atoms with Crippen molar-refractivity contribution in [2.24, 2.45) is 11.8 Å². The summed E-state index contributed by atoms with van der Waals surface area (Å²) >= 11 is 0. The lowest BCUT2D eigenvalue weighted by Gasteiger charge is -2.35. The third kappa shape index (κ3) is 7.63. The SMILES string of the molecule is CCCCC(CC)CP(=O)(CC(CC)CCCC)C1CC[CH]CC1. The number of hydrogen-bond donors (Lipinski definition) is 0. The normalized spacial score (nSPS) is 21.3. The summed E-state index contributed by atoms with van der Waals surface area (Å²) in [6.45, 7) is 9.18. The minimum atomic E-state index is -2.04. The van der Waals surface area contributed by atoms with Crippen LogP contribution in [0.1, 0.15) is 105 Å². The Labute approximate surface area is 153 Å². The Morgan fingerprint density at radius 1 is 0.875 bits per heavy atom. The van der Waals surface area contributed by atoms with Crippen LogP contribution in [0.5, 0.6) is 0 Å². The van der Waals surface area contributed by atoms with Gasteiger partial charge >= 0.3 is 0 Å². The van der Waals surface area contributed by atoms with E-state index in [0.717, 1.165) is 12.3 Å². The zero-order chi connectivity index (χ0) is 17.8. The summed E-state index contributed by atoms with van der Waals surface area (Å²) in [6.07, 6.45) is 19.5. The van der Waals surface area contributed by atoms with Gasteiger partial charge in [0.15, 0.2) is 0 Å². The highest BCUT2D eigenvalue weighted by Gasteiger charge is 2.36. The first-order valence-electron chi connectivity index (χ1n) is 11.0. The summed E-state index contributed by atoms with van der Waals surface area (Å²) in [5.74, 6) is 1.40. The second kappa shape index (κ2) is 12.6. The van der Waals surface area contributed by atoms with Crippen LogP contribution in [-0.2, 0) is 4.57 Å². The fourth-order valence-corrected chi connectivity index (χ4v) is 9.08. The molecule has 1 radical (unpaired) electrons. The maximum atomic E-state index is 14.2. The first kappa shape index (κ1) is 22.3. The monoisotopic (exact) mass is 355 g/mol. The number of unbranched alkanes of at least 4 members (excludes halogenated alkanes) is 2. The smallest absolute Gasteiger partial charge is 0.0912 e. The molecule has 1 fully saturated rings. The minimum Gasteiger partial charge on any atom is -0.323 e. The first-order valence-corrected chi connectivity index (χ1v) is 13.1. The van der Waals surface area contributed by atoms with Crippen molar-refractivity contribution in [2.45, 2.75) is 110 Å². The molecule has 1 aliphatic rings. The van der Waals surface area contributed by atoms with Crippen LogP contribution in [0.15, 0.2) is 0 Å². The molecule has 0 aromatic carbocycles. The highest BCUT2D eigenvalue weighted by atomic mass is 31.2. The molecule has 1 nitrogen and oxygen atoms in total. The topological polar surface area (TPSA) is 17.1 Å². The van der Waals surface area contributed by atoms with E-state index in [1.807, 2.05) is 0 Å². The lowest BCUT2D eigenvalue weighted by molar-refractivity contribution is 0.449. The quantitative estimate of drug-likeness (QED) is 0.306. The molecule has 2 unspecified atom stereocenters. The van der Waals surface area contributed by atoms with Gasteiger partial charge in [0.1, 0.15) is 0 Å². The van der Waals surface area contributed by atoms with Crippen LogP contribution in [0.2, 0.25) is 0 Å². The van der Waals surface area contributed by atoms with Gasteiger partial charge in [-0.25, -0.2) is 0 Å². The second-order valence-corrected chi connectivity index (χ2v) is 11.6. The molecular weight excluding hydrogens is 311 g/mol. The van der Waals surface area contributed by atoms with Crippen LogP contribution in [0, 0.1) is 18.3 Å². The van der Waals surface area contributed by atoms with E-state index in [0.29, 0.717) is 17.5 Å². The molecule has 0 heterocycles. The van der Waals surface area contributed by atoms with E-state index in [1.165, 1.54) is 77.0 Å². The van der Waals surface area contributed by atoms with Crippen LogP contribution in [0.4, 0.5) is 0 Å². The molecule has 1 rings (SSSR count). The molecular formula is C22H44OP. The predicted molar refractivity (Wildman–Crippen MR) is 111 cm³/mol. The Morgan fingerprint density at radius 2 is 1.33 bits per heavy atom. The summed E-state index contributed by atoms with van der Waals surface area (Å²) < 4.78 is 14.2. The molecule has 0 amide bonds. The van der Waals surface area contributed by atoms with Crippen molar-refractivity contribution in [2.75, 3.05) is 12.3 Å². The first-order chi connectivity index (χ1) is 11.6. The Balaban J connectivity index is 2.82. The van der Waals surface area contributed by atoms with Gasteiger partial charge in [0.25, 0.3) is 0 Å². The molecule has 24 heavy (non-hydrogen) atoms. The average molecular weight is 356 g/mol. The molecule has 0 aromatic rings. The van der Waals surface area contributed by atoms with Gasteiger partial charge in [-0.2, -0.15) is 0 Å². The van der Waals surface area contributed by atoms with E-state index < -0.39 is 7.14 Å². The van der Waals surface area contributed by atoms with E-state index in [1.54, 1.807) is 0 Å². The van der Waals surface area contributed by atoms with Crippen molar-refractivity contribution in [1.82, 2.24) is 0 Å². The summed E-state index contributed by atoms with van der Waals surface area (Å²) in [5.41, 5.74) is 0.536. The maximum Gasteiger partial charge on any atom is 0.0912 e. The molecule has 0 N–H and O–H groups in total. The van der Waals surface area contributed by atoms with Gasteiger partial charge in [-0.3, -0.25) is 0 Å². The standard InChI is InChI=1S/C22H44OP/c1-5-9-14-20(7-3)18-24(23,22-16-12-11-13-17-22)19-21(8-4)15-10-6-2/h11,20-22H,5-10,12-19H2,1-4H3. The zero-order valence-electron chi connectivity index (χ0n) is 17.1. The Morgan fingerprint density at radius 3 is 1.71 bits per heavy atom. The molecule has 2 heteroatoms. The third-order valence-electron chi connectivity index (χ3n) is 6.29. The largest absolute Gasteiger partial charge is 0.323 e. The summed E-state index contributed by atoms with van der Waals surface area (Å²) in [6, 6.07) is 0. The highest BCUT2D eigenvalue weighted by molar-refractivity contribution is 7.64. The van der Waals surface area contributed by atoms with Crippen LogP contribution >= 0.6 is 7.14 Å². The molecule has 143 valence electrons. The molecule has 0 aliphatic heterocycles. The lowest BCUT2D eigenvalue weighted by atomic mass is 10.00. The molecule has 2 atom stereocenters. The zero-order valence-corrected chi connectivity index (χ0v) is 18.0. The third-order valence-corrected chi connectivity index (χ3v) is 10.4. The number of rotatable bonds is 13. The average Bonchev–Trinajstić information content (AvgIpc) is 2.62. The molecule has 0 saturated heterocycles. The van der Waals surface area contributed by atoms with Crippen molar-refractivity contribution in [1.29, 1.82) is 0 Å². The van der Waals surface area contributed by atoms with E-state index in [9.17, 15) is 4.57 Å². The van der Waals surface area contributed by atoms with E-state index in [4.69, 9.17) is 0 Å². The van der Waals surface area contributed by atoms with Crippen molar-refractivity contribution in [3.63, 3.8) is 0 Å². The number of hydrogen-bond acceptors (Lipinski definition) is 1. The van der Waals surface area contributed by atoms with Crippen molar-refractivity contribution in [3.05, 3.63) is 6.42 Å². The van der Waals surface area contributed by atoms with Crippen LogP contribution in [0.25, 0.3) is 0 Å². The van der Waals surface area contributed by atoms with Gasteiger partial charge in [-0.1, -0.05) is 79.1 Å². The van der Waals surface area contributed by atoms with E-state index >= 15 is 0 Å². The van der Waals surface area contributed by atoms with Gasteiger partial charge in [0.2, 0.25) is 0 Å². The molecule has 0 bridgehead atoms. The second-order valence-electron chi connectivity index (χ2n) is 8.25. The maximum absolute atomic E-state index is 14.2. The molecule has 1 saturated carbocycles. The predicted octanol–water partition coefficient (Wildman–Crippen LogP) is 7.93. The molecule has 0 aromatic heterocycles. The fourth-order valence-electron chi connectivity index (χ4n) is 4.46. The summed E-state index contributed by atoms with van der Waals surface area (Å²) in [7, 11) is -2.04. The Hall–Kier alpha value is 0.230. The Kier molecular flexibility index (Phi) is 11.7. The van der Waals surface area contributed by atoms with Gasteiger partial charge in [-0.05, 0) is 43.9 Å². The molecule has 1 aliphatic carbocycles. The van der Waals surface area contributed by atoms with E-state index in [-0.39, 0.29) is 0 Å². The summed E-state index contributed by atoms with van der Waals surface area (Å²) in [4.78, 5) is 0. The fraction of sp³-hybridized carbons (Fsp3) is 0.955. The van der Waals surface area contributed by atoms with Gasteiger partial charge in [0, 0.05) is 18.0 Å². The van der Waals surface area contributed by atoms with Crippen molar-refractivity contribution < 1.29 is 4.57 Å². The van der Waals surface area contributed by atoms with Crippen molar-refractivity contribution >= 4 is 7.14 Å². The van der Waals surface area contributed by atoms with Crippen LogP contribution in [0.3, 0.4) is 0 Å². The molecule has 0 spiro atoms. The van der Waals surface area contributed by atoms with Gasteiger partial charge < -0.3 is 4.57 Å². The van der Waals surface area contributed by atoms with E-state index in [2.05, 4.69) is 34.1 Å². The highest BCUT2D eigenvalue weighted by Crippen LogP contribution is 2.59. The minimum absolute atomic E-state index is 0.536. The van der Waals surface area contributed by atoms with Crippen LogP contribution < -0.4 is 0 Å². The van der Waals surface area contributed by atoms with Crippen molar-refractivity contribution in [3.8, 4) is 0 Å². The lowest BCUT2D eigenvalue weighted by Crippen LogP contribution is -2.23. The van der Waals surface area contributed by atoms with Crippen LogP contribution in [-0.4, -0.2) is 18.0 Å². The van der Waals surface area contributed by atoms with Gasteiger partial charge in [0.05, 0.1) is 7.14 Å². The van der Waals surface area contributed by atoms with Gasteiger partial charge in [-0.15, -0.1) is 0 Å².